The third-order valence-electron chi connectivity index (χ3n) is 6.24. The Morgan fingerprint density at radius 3 is 2.93 bits per heavy atom. The Hall–Kier alpha value is -2.44. The van der Waals surface area contributed by atoms with Gasteiger partial charge < -0.3 is 10.2 Å². The number of rotatable bonds is 6. The smallest absolute Gasteiger partial charge is 0.227 e. The van der Waals surface area contributed by atoms with Gasteiger partial charge in [0.25, 0.3) is 0 Å². The first-order valence-corrected chi connectivity index (χ1v) is 10.5. The molecule has 3 atom stereocenters. The van der Waals surface area contributed by atoms with Crippen LogP contribution in [0.15, 0.2) is 24.5 Å². The van der Waals surface area contributed by atoms with E-state index in [1.54, 1.807) is 13.1 Å². The van der Waals surface area contributed by atoms with Crippen LogP contribution in [0.3, 0.4) is 0 Å². The van der Waals surface area contributed by atoms with E-state index in [4.69, 9.17) is 0 Å². The summed E-state index contributed by atoms with van der Waals surface area (Å²) in [6.07, 6.45) is 9.69. The first kappa shape index (κ1) is 18.9. The van der Waals surface area contributed by atoms with Crippen molar-refractivity contribution in [2.45, 2.75) is 58.5 Å². The molecule has 1 saturated heterocycles. The van der Waals surface area contributed by atoms with Crippen LogP contribution < -0.4 is 10.2 Å². The van der Waals surface area contributed by atoms with Gasteiger partial charge in [-0.25, -0.2) is 0 Å². The summed E-state index contributed by atoms with van der Waals surface area (Å²) < 4.78 is 2.22. The number of hydrogen-bond donors (Lipinski definition) is 1. The molecule has 4 rings (SSSR count). The fraction of sp³-hybridized carbons (Fsp3) is 0.619. The van der Waals surface area contributed by atoms with Crippen LogP contribution in [0.4, 0.5) is 5.95 Å². The Morgan fingerprint density at radius 1 is 1.29 bits per heavy atom. The summed E-state index contributed by atoms with van der Waals surface area (Å²) in [7, 11) is 0. The summed E-state index contributed by atoms with van der Waals surface area (Å²) in [5.74, 6) is 3.30. The second-order valence-electron chi connectivity index (χ2n) is 8.20. The molecular formula is C21H30N6O. The van der Waals surface area contributed by atoms with Gasteiger partial charge >= 0.3 is 0 Å². The van der Waals surface area contributed by atoms with Gasteiger partial charge in [0.2, 0.25) is 11.9 Å². The molecule has 1 N–H and O–H groups in total. The summed E-state index contributed by atoms with van der Waals surface area (Å²) in [5.41, 5.74) is 0.980. The zero-order chi connectivity index (χ0) is 19.5. The molecule has 7 nitrogen and oxygen atoms in total. The van der Waals surface area contributed by atoms with E-state index in [1.807, 2.05) is 18.3 Å². The van der Waals surface area contributed by atoms with E-state index in [-0.39, 0.29) is 5.91 Å². The Bertz CT molecular complexity index is 804. The van der Waals surface area contributed by atoms with E-state index in [2.05, 4.69) is 36.9 Å². The van der Waals surface area contributed by atoms with Crippen molar-refractivity contribution < 1.29 is 4.79 Å². The summed E-state index contributed by atoms with van der Waals surface area (Å²) in [6, 6.07) is 4.53. The first-order valence-electron chi connectivity index (χ1n) is 10.5. The lowest BCUT2D eigenvalue weighted by Gasteiger charge is -2.32. The number of nitrogens with zero attached hydrogens (tertiary/aromatic N) is 5. The van der Waals surface area contributed by atoms with Crippen LogP contribution >= 0.6 is 0 Å². The zero-order valence-electron chi connectivity index (χ0n) is 16.8. The summed E-state index contributed by atoms with van der Waals surface area (Å²) in [5, 5.41) is 12.1. The van der Waals surface area contributed by atoms with Crippen molar-refractivity contribution in [2.24, 2.45) is 11.8 Å². The lowest BCUT2D eigenvalue weighted by Crippen LogP contribution is -2.36. The predicted octanol–water partition coefficient (Wildman–Crippen LogP) is 2.88. The van der Waals surface area contributed by atoms with Crippen LogP contribution in [-0.2, 0) is 11.3 Å². The molecule has 1 aliphatic heterocycles. The molecule has 1 aliphatic carbocycles. The Kier molecular flexibility index (Phi) is 5.59. The molecule has 3 heterocycles. The highest BCUT2D eigenvalue weighted by Crippen LogP contribution is 2.42. The average molecular weight is 383 g/mol. The number of amides is 1. The number of anilines is 1. The third kappa shape index (κ3) is 3.75. The first-order chi connectivity index (χ1) is 13.6. The minimum atomic E-state index is 0.00915. The molecule has 0 aromatic carbocycles. The molecule has 2 aromatic rings. The van der Waals surface area contributed by atoms with E-state index < -0.39 is 0 Å². The maximum Gasteiger partial charge on any atom is 0.227 e. The largest absolute Gasteiger partial charge is 0.356 e. The maximum absolute atomic E-state index is 11.2. The van der Waals surface area contributed by atoms with Gasteiger partial charge in [0.1, 0.15) is 0 Å². The van der Waals surface area contributed by atoms with E-state index >= 15 is 0 Å². The quantitative estimate of drug-likeness (QED) is 0.778. The van der Waals surface area contributed by atoms with Gasteiger partial charge in [0.15, 0.2) is 5.82 Å². The molecule has 1 amide bonds. The number of hydrogen-bond acceptors (Lipinski definition) is 5. The zero-order valence-corrected chi connectivity index (χ0v) is 16.8. The monoisotopic (exact) mass is 382 g/mol. The standard InChI is InChI=1S/C21H30N6O/c1-15-14-27(19-9-4-3-8-18(15)19)21-25-24-20(17-7-5-10-22-13-17)26(21)12-6-11-23-16(2)28/h5,7,10,13,15,18-19H,3-4,6,8-9,11-12,14H2,1-2H3,(H,23,28). The number of nitrogens with one attached hydrogen (secondary N) is 1. The molecule has 2 fully saturated rings. The fourth-order valence-electron chi connectivity index (χ4n) is 4.93. The van der Waals surface area contributed by atoms with Gasteiger partial charge in [0.05, 0.1) is 0 Å². The summed E-state index contributed by atoms with van der Waals surface area (Å²) in [6.45, 7) is 6.41. The van der Waals surface area contributed by atoms with Gasteiger partial charge in [-0.15, -0.1) is 10.2 Å². The minimum absolute atomic E-state index is 0.00915. The molecular weight excluding hydrogens is 352 g/mol. The molecule has 2 aliphatic rings. The summed E-state index contributed by atoms with van der Waals surface area (Å²) in [4.78, 5) is 18.0. The molecule has 7 heteroatoms. The number of fused-ring (bicyclic) bond motifs is 1. The number of carbonyl (C=O) groups is 1. The Balaban J connectivity index is 1.63. The Morgan fingerprint density at radius 2 is 2.14 bits per heavy atom. The van der Waals surface area contributed by atoms with Crippen LogP contribution in [0.1, 0.15) is 46.0 Å². The van der Waals surface area contributed by atoms with E-state index in [9.17, 15) is 4.79 Å². The van der Waals surface area contributed by atoms with E-state index in [1.165, 1.54) is 25.7 Å². The lowest BCUT2D eigenvalue weighted by molar-refractivity contribution is -0.118. The second kappa shape index (κ2) is 8.29. The van der Waals surface area contributed by atoms with Crippen molar-refractivity contribution in [3.8, 4) is 11.4 Å². The van der Waals surface area contributed by atoms with E-state index in [0.717, 1.165) is 42.8 Å². The van der Waals surface area contributed by atoms with Gasteiger partial charge in [-0.2, -0.15) is 0 Å². The third-order valence-corrected chi connectivity index (χ3v) is 6.24. The molecule has 3 unspecified atom stereocenters. The van der Waals surface area contributed by atoms with Crippen molar-refractivity contribution in [3.63, 3.8) is 0 Å². The predicted molar refractivity (Wildman–Crippen MR) is 109 cm³/mol. The topological polar surface area (TPSA) is 75.9 Å². The fourth-order valence-corrected chi connectivity index (χ4v) is 4.93. The molecule has 0 bridgehead atoms. The van der Waals surface area contributed by atoms with Crippen LogP contribution in [0.25, 0.3) is 11.4 Å². The lowest BCUT2D eigenvalue weighted by atomic mass is 9.80. The van der Waals surface area contributed by atoms with E-state index in [0.29, 0.717) is 18.5 Å². The molecule has 150 valence electrons. The van der Waals surface area contributed by atoms with Crippen LogP contribution in [0, 0.1) is 11.8 Å². The van der Waals surface area contributed by atoms with Crippen molar-refractivity contribution >= 4 is 11.9 Å². The van der Waals surface area contributed by atoms with Gasteiger partial charge in [-0.3, -0.25) is 14.3 Å². The van der Waals surface area contributed by atoms with Gasteiger partial charge in [-0.05, 0) is 43.2 Å². The second-order valence-corrected chi connectivity index (χ2v) is 8.20. The van der Waals surface area contributed by atoms with Crippen molar-refractivity contribution in [1.82, 2.24) is 25.1 Å². The van der Waals surface area contributed by atoms with Gasteiger partial charge in [0, 0.05) is 50.6 Å². The minimum Gasteiger partial charge on any atom is -0.356 e. The van der Waals surface area contributed by atoms with Crippen LogP contribution in [0.5, 0.6) is 0 Å². The normalized spacial score (nSPS) is 24.2. The molecule has 0 radical (unpaired) electrons. The molecule has 0 spiro atoms. The Labute approximate surface area is 166 Å². The molecule has 28 heavy (non-hydrogen) atoms. The molecule has 1 saturated carbocycles. The number of pyridine rings is 1. The highest BCUT2D eigenvalue weighted by atomic mass is 16.1. The highest BCUT2D eigenvalue weighted by Gasteiger charge is 2.42. The van der Waals surface area contributed by atoms with Crippen molar-refractivity contribution in [2.75, 3.05) is 18.0 Å². The van der Waals surface area contributed by atoms with Gasteiger partial charge in [-0.1, -0.05) is 19.8 Å². The highest BCUT2D eigenvalue weighted by molar-refractivity contribution is 5.72. The average Bonchev–Trinajstić information content (AvgIpc) is 3.27. The SMILES string of the molecule is CC(=O)NCCCn1c(-c2cccnc2)nnc1N1CC(C)C2CCCCC21. The van der Waals surface area contributed by atoms with Crippen LogP contribution in [-0.4, -0.2) is 44.8 Å². The molecule has 2 aromatic heterocycles. The number of carbonyl (C=O) groups excluding carboxylic acids is 1. The van der Waals surface area contributed by atoms with Crippen LogP contribution in [0.2, 0.25) is 0 Å². The van der Waals surface area contributed by atoms with Crippen molar-refractivity contribution in [1.29, 1.82) is 0 Å². The maximum atomic E-state index is 11.2. The summed E-state index contributed by atoms with van der Waals surface area (Å²) >= 11 is 0. The number of aromatic nitrogens is 4. The van der Waals surface area contributed by atoms with Crippen molar-refractivity contribution in [3.05, 3.63) is 24.5 Å².